The van der Waals surface area contributed by atoms with Crippen LogP contribution in [0.5, 0.6) is 0 Å². The van der Waals surface area contributed by atoms with Gasteiger partial charge < -0.3 is 15.5 Å². The van der Waals surface area contributed by atoms with Gasteiger partial charge in [-0.2, -0.15) is 9.97 Å². The Morgan fingerprint density at radius 2 is 1.59 bits per heavy atom. The van der Waals surface area contributed by atoms with E-state index in [9.17, 15) is 0 Å². The summed E-state index contributed by atoms with van der Waals surface area (Å²) in [5.41, 5.74) is 0. The van der Waals surface area contributed by atoms with Crippen LogP contribution in [0.3, 0.4) is 0 Å². The third-order valence-electron chi connectivity index (χ3n) is 2.03. The molecule has 0 radical (unpaired) electrons. The van der Waals surface area contributed by atoms with Gasteiger partial charge in [-0.05, 0) is 27.7 Å². The van der Waals surface area contributed by atoms with Gasteiger partial charge >= 0.3 is 0 Å². The molecular formula is C12H23N5. The van der Waals surface area contributed by atoms with Crippen molar-refractivity contribution in [2.45, 2.75) is 39.8 Å². The highest BCUT2D eigenvalue weighted by Crippen LogP contribution is 2.17. The van der Waals surface area contributed by atoms with Gasteiger partial charge in [0.25, 0.3) is 0 Å². The van der Waals surface area contributed by atoms with Gasteiger partial charge in [-0.15, -0.1) is 0 Å². The lowest BCUT2D eigenvalue weighted by Gasteiger charge is -2.17. The summed E-state index contributed by atoms with van der Waals surface area (Å²) in [5.74, 6) is 2.41. The van der Waals surface area contributed by atoms with Gasteiger partial charge in [-0.3, -0.25) is 0 Å². The van der Waals surface area contributed by atoms with Gasteiger partial charge in [0.05, 0.1) is 0 Å². The van der Waals surface area contributed by atoms with Crippen LogP contribution in [0.1, 0.15) is 27.7 Å². The zero-order valence-electron chi connectivity index (χ0n) is 11.6. The summed E-state index contributed by atoms with van der Waals surface area (Å²) in [4.78, 5) is 10.9. The Labute approximate surface area is 104 Å². The first-order chi connectivity index (χ1) is 7.88. The van der Waals surface area contributed by atoms with E-state index < -0.39 is 0 Å². The number of nitrogens with one attached hydrogen (secondary N) is 2. The molecular weight excluding hydrogens is 214 g/mol. The third kappa shape index (κ3) is 4.46. The number of aromatic nitrogens is 2. The first kappa shape index (κ1) is 13.5. The molecule has 0 aromatic carbocycles. The maximum atomic E-state index is 4.44. The van der Waals surface area contributed by atoms with E-state index in [1.165, 1.54) is 0 Å². The molecule has 2 N–H and O–H groups in total. The Balaban J connectivity index is 3.00. The molecule has 1 aromatic rings. The molecule has 1 rings (SSSR count). The average Bonchev–Trinajstić information content (AvgIpc) is 2.14. The van der Waals surface area contributed by atoms with Crippen LogP contribution in [0.2, 0.25) is 0 Å². The minimum atomic E-state index is 0.319. The van der Waals surface area contributed by atoms with Crippen molar-refractivity contribution in [3.63, 3.8) is 0 Å². The van der Waals surface area contributed by atoms with Gasteiger partial charge in [0.1, 0.15) is 11.6 Å². The summed E-state index contributed by atoms with van der Waals surface area (Å²) in [6, 6.07) is 2.62. The van der Waals surface area contributed by atoms with Crippen molar-refractivity contribution in [1.82, 2.24) is 9.97 Å². The Bertz CT molecular complexity index is 332. The first-order valence-corrected chi connectivity index (χ1v) is 5.98. The SMILES string of the molecule is CC(C)Nc1cc(N(C)C)nc(NC(C)C)n1. The second-order valence-electron chi connectivity index (χ2n) is 4.93. The molecule has 0 spiro atoms. The fraction of sp³-hybridized carbons (Fsp3) is 0.667. The topological polar surface area (TPSA) is 53.1 Å². The lowest BCUT2D eigenvalue weighted by atomic mass is 10.4. The van der Waals surface area contributed by atoms with E-state index in [1.807, 2.05) is 25.1 Å². The average molecular weight is 237 g/mol. The number of hydrogen-bond acceptors (Lipinski definition) is 5. The van der Waals surface area contributed by atoms with Crippen LogP contribution >= 0.6 is 0 Å². The Morgan fingerprint density at radius 1 is 1.00 bits per heavy atom. The van der Waals surface area contributed by atoms with Crippen molar-refractivity contribution in [3.05, 3.63) is 6.07 Å². The summed E-state index contributed by atoms with van der Waals surface area (Å²) < 4.78 is 0. The molecule has 0 fully saturated rings. The fourth-order valence-corrected chi connectivity index (χ4v) is 1.36. The summed E-state index contributed by atoms with van der Waals surface area (Å²) in [6.07, 6.45) is 0. The molecule has 0 saturated carbocycles. The van der Waals surface area contributed by atoms with Crippen molar-refractivity contribution in [2.75, 3.05) is 29.6 Å². The first-order valence-electron chi connectivity index (χ1n) is 5.98. The number of rotatable bonds is 5. The standard InChI is InChI=1S/C12H23N5/c1-8(2)13-10-7-11(17(5)6)16-12(15-10)14-9(3)4/h7-9H,1-6H3,(H2,13,14,15,16). The molecule has 0 bridgehead atoms. The molecule has 0 amide bonds. The number of anilines is 3. The van der Waals surface area contributed by atoms with Crippen molar-refractivity contribution in [2.24, 2.45) is 0 Å². The van der Waals surface area contributed by atoms with Gasteiger partial charge in [0.2, 0.25) is 5.95 Å². The van der Waals surface area contributed by atoms with Crippen LogP contribution in [0.25, 0.3) is 0 Å². The third-order valence-corrected chi connectivity index (χ3v) is 2.03. The number of hydrogen-bond donors (Lipinski definition) is 2. The predicted octanol–water partition coefficient (Wildman–Crippen LogP) is 2.18. The molecule has 5 heteroatoms. The maximum Gasteiger partial charge on any atom is 0.226 e. The van der Waals surface area contributed by atoms with Crippen LogP contribution in [0.15, 0.2) is 6.07 Å². The van der Waals surface area contributed by atoms with Crippen LogP contribution in [-0.2, 0) is 0 Å². The highest BCUT2D eigenvalue weighted by Gasteiger charge is 2.07. The minimum Gasteiger partial charge on any atom is -0.368 e. The highest BCUT2D eigenvalue weighted by molar-refractivity contribution is 5.53. The predicted molar refractivity (Wildman–Crippen MR) is 73.9 cm³/mol. The van der Waals surface area contributed by atoms with Crippen molar-refractivity contribution < 1.29 is 0 Å². The maximum absolute atomic E-state index is 4.44. The summed E-state index contributed by atoms with van der Waals surface area (Å²) in [7, 11) is 3.95. The van der Waals surface area contributed by atoms with E-state index in [0.29, 0.717) is 18.0 Å². The quantitative estimate of drug-likeness (QED) is 0.822. The lowest BCUT2D eigenvalue weighted by molar-refractivity contribution is 0.858. The van der Waals surface area contributed by atoms with Gasteiger partial charge in [0, 0.05) is 32.2 Å². The second kappa shape index (κ2) is 5.70. The smallest absolute Gasteiger partial charge is 0.226 e. The summed E-state index contributed by atoms with van der Waals surface area (Å²) in [6.45, 7) is 8.32. The zero-order valence-corrected chi connectivity index (χ0v) is 11.6. The van der Waals surface area contributed by atoms with Crippen LogP contribution in [0.4, 0.5) is 17.6 Å². The molecule has 0 aliphatic heterocycles. The summed E-state index contributed by atoms with van der Waals surface area (Å²) in [5, 5.41) is 6.52. The van der Waals surface area contributed by atoms with Gasteiger partial charge in [0.15, 0.2) is 0 Å². The molecule has 0 aliphatic carbocycles. The molecule has 0 aliphatic rings. The Hall–Kier alpha value is -1.52. The van der Waals surface area contributed by atoms with Gasteiger partial charge in [-0.1, -0.05) is 0 Å². The molecule has 0 atom stereocenters. The van der Waals surface area contributed by atoms with E-state index >= 15 is 0 Å². The van der Waals surface area contributed by atoms with E-state index in [4.69, 9.17) is 0 Å². The second-order valence-corrected chi connectivity index (χ2v) is 4.93. The molecule has 17 heavy (non-hydrogen) atoms. The lowest BCUT2D eigenvalue weighted by Crippen LogP contribution is -2.19. The highest BCUT2D eigenvalue weighted by atomic mass is 15.2. The van der Waals surface area contributed by atoms with Crippen LogP contribution < -0.4 is 15.5 Å². The Morgan fingerprint density at radius 3 is 2.06 bits per heavy atom. The van der Waals surface area contributed by atoms with Crippen molar-refractivity contribution in [1.29, 1.82) is 0 Å². The summed E-state index contributed by atoms with van der Waals surface area (Å²) >= 11 is 0. The Kier molecular flexibility index (Phi) is 4.54. The van der Waals surface area contributed by atoms with Crippen molar-refractivity contribution >= 4 is 17.6 Å². The molecule has 0 saturated heterocycles. The monoisotopic (exact) mass is 237 g/mol. The molecule has 1 heterocycles. The zero-order chi connectivity index (χ0) is 13.0. The van der Waals surface area contributed by atoms with E-state index in [-0.39, 0.29) is 0 Å². The minimum absolute atomic E-state index is 0.319. The van der Waals surface area contributed by atoms with Crippen LogP contribution in [-0.4, -0.2) is 36.1 Å². The molecule has 5 nitrogen and oxygen atoms in total. The van der Waals surface area contributed by atoms with Crippen molar-refractivity contribution in [3.8, 4) is 0 Å². The molecule has 0 unspecified atom stereocenters. The molecule has 1 aromatic heterocycles. The van der Waals surface area contributed by atoms with E-state index in [0.717, 1.165) is 11.6 Å². The van der Waals surface area contributed by atoms with E-state index in [2.05, 4.69) is 48.3 Å². The normalized spacial score (nSPS) is 10.8. The van der Waals surface area contributed by atoms with E-state index in [1.54, 1.807) is 0 Å². The fourth-order valence-electron chi connectivity index (χ4n) is 1.36. The number of nitrogens with zero attached hydrogens (tertiary/aromatic N) is 3. The molecule has 96 valence electrons. The largest absolute Gasteiger partial charge is 0.368 e. The van der Waals surface area contributed by atoms with Crippen LogP contribution in [0, 0.1) is 0 Å². The van der Waals surface area contributed by atoms with Gasteiger partial charge in [-0.25, -0.2) is 0 Å².